The summed E-state index contributed by atoms with van der Waals surface area (Å²) in [5.74, 6) is 0.189. The van der Waals surface area contributed by atoms with E-state index in [0.29, 0.717) is 22.1 Å². The van der Waals surface area contributed by atoms with Crippen molar-refractivity contribution < 1.29 is 23.8 Å². The van der Waals surface area contributed by atoms with Gasteiger partial charge in [-0.25, -0.2) is 4.79 Å². The number of esters is 1. The van der Waals surface area contributed by atoms with E-state index in [2.05, 4.69) is 5.32 Å². The van der Waals surface area contributed by atoms with Crippen molar-refractivity contribution in [2.75, 3.05) is 26.1 Å². The number of carbonyl (C=O) groups excluding carboxylic acids is 2. The third kappa shape index (κ3) is 4.80. The lowest BCUT2D eigenvalue weighted by Gasteiger charge is -2.11. The first-order chi connectivity index (χ1) is 13.1. The van der Waals surface area contributed by atoms with Crippen molar-refractivity contribution in [2.24, 2.45) is 0 Å². The quantitative estimate of drug-likeness (QED) is 0.600. The first-order valence-electron chi connectivity index (χ1n) is 8.91. The van der Waals surface area contributed by atoms with Crippen LogP contribution in [0.5, 0.6) is 11.5 Å². The third-order valence-electron chi connectivity index (χ3n) is 4.46. The number of hydrogen-bond acceptors (Lipinski definition) is 6. The minimum atomic E-state index is -0.458. The van der Waals surface area contributed by atoms with E-state index in [9.17, 15) is 9.59 Å². The van der Waals surface area contributed by atoms with Gasteiger partial charge in [0.1, 0.15) is 16.4 Å². The van der Waals surface area contributed by atoms with E-state index in [0.717, 1.165) is 25.7 Å². The molecule has 1 N–H and O–H groups in total. The van der Waals surface area contributed by atoms with Crippen LogP contribution >= 0.6 is 11.3 Å². The maximum atomic E-state index is 12.3. The monoisotopic (exact) mass is 389 g/mol. The average Bonchev–Trinajstić information content (AvgIpc) is 2.96. The zero-order valence-corrected chi connectivity index (χ0v) is 16.3. The first kappa shape index (κ1) is 19.2. The summed E-state index contributed by atoms with van der Waals surface area (Å²) in [6.45, 7) is -0.359. The molecule has 0 bridgehead atoms. The molecule has 1 aromatic heterocycles. The number of amides is 1. The highest BCUT2D eigenvalue weighted by atomic mass is 32.1. The summed E-state index contributed by atoms with van der Waals surface area (Å²) in [4.78, 5) is 26.3. The van der Waals surface area contributed by atoms with Crippen molar-refractivity contribution in [3.8, 4) is 11.5 Å². The van der Waals surface area contributed by atoms with Crippen LogP contribution in [0.15, 0.2) is 24.3 Å². The highest BCUT2D eigenvalue weighted by Crippen LogP contribution is 2.30. The molecule has 144 valence electrons. The summed E-state index contributed by atoms with van der Waals surface area (Å²) in [6.07, 6.45) is 5.57. The number of nitrogens with one attached hydrogen (secondary N) is 1. The van der Waals surface area contributed by atoms with E-state index in [1.807, 2.05) is 6.07 Å². The van der Waals surface area contributed by atoms with E-state index < -0.39 is 11.9 Å². The van der Waals surface area contributed by atoms with Gasteiger partial charge in [-0.2, -0.15) is 0 Å². The molecule has 0 aliphatic heterocycles. The SMILES string of the molecule is COc1ccc(OC)c(NC(=O)COC(=O)c2cc3c(s2)CCCCC3)c1. The Morgan fingerprint density at radius 2 is 1.89 bits per heavy atom. The summed E-state index contributed by atoms with van der Waals surface area (Å²) >= 11 is 1.48. The molecule has 1 heterocycles. The van der Waals surface area contributed by atoms with Crippen molar-refractivity contribution in [1.82, 2.24) is 0 Å². The number of fused-ring (bicyclic) bond motifs is 1. The molecule has 3 rings (SSSR count). The molecular formula is C20H23NO5S. The van der Waals surface area contributed by atoms with Crippen molar-refractivity contribution in [1.29, 1.82) is 0 Å². The van der Waals surface area contributed by atoms with Gasteiger partial charge in [-0.1, -0.05) is 6.42 Å². The van der Waals surface area contributed by atoms with Gasteiger partial charge in [0.25, 0.3) is 5.91 Å². The fourth-order valence-electron chi connectivity index (χ4n) is 3.07. The van der Waals surface area contributed by atoms with Crippen LogP contribution < -0.4 is 14.8 Å². The minimum absolute atomic E-state index is 0.359. The summed E-state index contributed by atoms with van der Waals surface area (Å²) in [6, 6.07) is 6.99. The molecule has 0 fully saturated rings. The second kappa shape index (κ2) is 8.90. The summed E-state index contributed by atoms with van der Waals surface area (Å²) in [5.41, 5.74) is 1.70. The van der Waals surface area contributed by atoms with Gasteiger partial charge >= 0.3 is 5.97 Å². The second-order valence-electron chi connectivity index (χ2n) is 6.31. The van der Waals surface area contributed by atoms with Crippen molar-refractivity contribution >= 4 is 28.9 Å². The van der Waals surface area contributed by atoms with Crippen LogP contribution in [0.3, 0.4) is 0 Å². The molecule has 2 aromatic rings. The zero-order chi connectivity index (χ0) is 19.2. The molecule has 0 spiro atoms. The summed E-state index contributed by atoms with van der Waals surface area (Å²) in [7, 11) is 3.05. The van der Waals surface area contributed by atoms with Crippen LogP contribution in [-0.2, 0) is 22.4 Å². The van der Waals surface area contributed by atoms with Gasteiger partial charge in [0.05, 0.1) is 19.9 Å². The lowest BCUT2D eigenvalue weighted by Crippen LogP contribution is -2.21. The van der Waals surface area contributed by atoms with Gasteiger partial charge in [-0.3, -0.25) is 4.79 Å². The molecule has 0 saturated heterocycles. The van der Waals surface area contributed by atoms with Crippen molar-refractivity contribution in [2.45, 2.75) is 32.1 Å². The smallest absolute Gasteiger partial charge is 0.348 e. The second-order valence-corrected chi connectivity index (χ2v) is 7.45. The number of benzene rings is 1. The molecule has 1 amide bonds. The predicted molar refractivity (Wildman–Crippen MR) is 104 cm³/mol. The van der Waals surface area contributed by atoms with Crippen molar-refractivity contribution in [3.05, 3.63) is 39.6 Å². The molecular weight excluding hydrogens is 366 g/mol. The van der Waals surface area contributed by atoms with E-state index in [-0.39, 0.29) is 6.61 Å². The number of thiophene rings is 1. The predicted octanol–water partition coefficient (Wildman–Crippen LogP) is 3.83. The maximum Gasteiger partial charge on any atom is 0.348 e. The van der Waals surface area contributed by atoms with Crippen LogP contribution in [0, 0.1) is 0 Å². The van der Waals surface area contributed by atoms with Crippen LogP contribution in [0.1, 0.15) is 39.4 Å². The molecule has 27 heavy (non-hydrogen) atoms. The number of ether oxygens (including phenoxy) is 3. The Kier molecular flexibility index (Phi) is 6.34. The van der Waals surface area contributed by atoms with Gasteiger partial charge in [0.15, 0.2) is 6.61 Å². The number of rotatable bonds is 6. The van der Waals surface area contributed by atoms with Gasteiger partial charge < -0.3 is 19.5 Å². The van der Waals surface area contributed by atoms with E-state index in [1.54, 1.807) is 18.2 Å². The van der Waals surface area contributed by atoms with Gasteiger partial charge in [-0.15, -0.1) is 11.3 Å². The topological polar surface area (TPSA) is 73.9 Å². The first-order valence-corrected chi connectivity index (χ1v) is 9.73. The zero-order valence-electron chi connectivity index (χ0n) is 15.5. The summed E-state index contributed by atoms with van der Waals surface area (Å²) < 4.78 is 15.6. The Morgan fingerprint density at radius 3 is 2.67 bits per heavy atom. The number of aryl methyl sites for hydroxylation is 2. The number of anilines is 1. The Hall–Kier alpha value is -2.54. The molecule has 0 radical (unpaired) electrons. The summed E-state index contributed by atoms with van der Waals surface area (Å²) in [5, 5.41) is 2.68. The molecule has 6 nitrogen and oxygen atoms in total. The third-order valence-corrected chi connectivity index (χ3v) is 5.68. The van der Waals surface area contributed by atoms with E-state index >= 15 is 0 Å². The fourth-order valence-corrected chi connectivity index (χ4v) is 4.22. The lowest BCUT2D eigenvalue weighted by molar-refractivity contribution is -0.119. The molecule has 1 aromatic carbocycles. The van der Waals surface area contributed by atoms with Gasteiger partial charge in [0, 0.05) is 10.9 Å². The maximum absolute atomic E-state index is 12.3. The molecule has 0 unspecified atom stereocenters. The standard InChI is InChI=1S/C20H23NO5S/c1-24-14-8-9-16(25-2)15(11-14)21-19(22)12-26-20(23)18-10-13-6-4-3-5-7-17(13)27-18/h8-11H,3-7,12H2,1-2H3,(H,21,22). The number of hydrogen-bond donors (Lipinski definition) is 1. The molecule has 1 aliphatic carbocycles. The fraction of sp³-hybridized carbons (Fsp3) is 0.400. The average molecular weight is 389 g/mol. The molecule has 0 atom stereocenters. The van der Waals surface area contributed by atoms with Gasteiger partial charge in [-0.05, 0) is 49.4 Å². The van der Waals surface area contributed by atoms with Crippen LogP contribution in [0.4, 0.5) is 5.69 Å². The number of carbonyl (C=O) groups is 2. The van der Waals surface area contributed by atoms with Gasteiger partial charge in [0.2, 0.25) is 0 Å². The Bertz CT molecular complexity index is 806. The van der Waals surface area contributed by atoms with Crippen LogP contribution in [0.2, 0.25) is 0 Å². The van der Waals surface area contributed by atoms with Crippen molar-refractivity contribution in [3.63, 3.8) is 0 Å². The molecule has 1 aliphatic rings. The molecule has 7 heteroatoms. The number of methoxy groups -OCH3 is 2. The highest BCUT2D eigenvalue weighted by Gasteiger charge is 2.18. The Labute approximate surface area is 162 Å². The van der Waals surface area contributed by atoms with Crippen LogP contribution in [-0.4, -0.2) is 32.7 Å². The lowest BCUT2D eigenvalue weighted by atomic mass is 10.1. The Balaban J connectivity index is 1.58. The minimum Gasteiger partial charge on any atom is -0.497 e. The Morgan fingerprint density at radius 1 is 1.07 bits per heavy atom. The van der Waals surface area contributed by atoms with E-state index in [1.165, 1.54) is 42.4 Å². The normalized spacial score (nSPS) is 13.3. The van der Waals surface area contributed by atoms with Crippen LogP contribution in [0.25, 0.3) is 0 Å². The largest absolute Gasteiger partial charge is 0.497 e. The van der Waals surface area contributed by atoms with E-state index in [4.69, 9.17) is 14.2 Å². The highest BCUT2D eigenvalue weighted by molar-refractivity contribution is 7.14. The molecule has 0 saturated carbocycles.